The highest BCUT2D eigenvalue weighted by Crippen LogP contribution is 2.57. The minimum Gasteiger partial charge on any atom is -0.494 e. The summed E-state index contributed by atoms with van der Waals surface area (Å²) >= 11 is 0. The highest BCUT2D eigenvalue weighted by molar-refractivity contribution is 6.04. The molecule has 43 heavy (non-hydrogen) atoms. The maximum Gasteiger partial charge on any atom is 0.249 e. The van der Waals surface area contributed by atoms with Gasteiger partial charge in [-0.15, -0.1) is 0 Å². The molecule has 5 heterocycles. The van der Waals surface area contributed by atoms with Crippen molar-refractivity contribution in [3.63, 3.8) is 0 Å². The van der Waals surface area contributed by atoms with E-state index < -0.39 is 29.1 Å². The molecule has 1 unspecified atom stereocenters. The minimum absolute atomic E-state index is 0.117. The Labute approximate surface area is 252 Å². The number of rotatable bonds is 9. The van der Waals surface area contributed by atoms with Gasteiger partial charge in [-0.3, -0.25) is 19.3 Å². The Bertz CT molecular complexity index is 1280. The van der Waals surface area contributed by atoms with E-state index in [1.54, 1.807) is 14.7 Å². The number of morpholine rings is 1. The smallest absolute Gasteiger partial charge is 0.249 e. The van der Waals surface area contributed by atoms with Crippen LogP contribution in [0.3, 0.4) is 0 Å². The molecule has 0 aromatic heterocycles. The van der Waals surface area contributed by atoms with E-state index in [2.05, 4.69) is 4.90 Å². The van der Waals surface area contributed by atoms with Crippen molar-refractivity contribution in [1.82, 2.24) is 14.7 Å². The van der Waals surface area contributed by atoms with E-state index in [0.717, 1.165) is 13.1 Å². The fourth-order valence-electron chi connectivity index (χ4n) is 7.46. The van der Waals surface area contributed by atoms with Gasteiger partial charge in [0.25, 0.3) is 0 Å². The van der Waals surface area contributed by atoms with Crippen molar-refractivity contribution in [2.24, 2.45) is 11.8 Å². The van der Waals surface area contributed by atoms with E-state index in [-0.39, 0.29) is 30.9 Å². The summed E-state index contributed by atoms with van der Waals surface area (Å²) in [5, 5.41) is 9.66. The summed E-state index contributed by atoms with van der Waals surface area (Å²) < 4.78 is 17.9. The molecule has 11 heteroatoms. The Morgan fingerprint density at radius 3 is 2.40 bits per heavy atom. The van der Waals surface area contributed by atoms with Crippen molar-refractivity contribution < 1.29 is 33.7 Å². The predicted molar refractivity (Wildman–Crippen MR) is 158 cm³/mol. The van der Waals surface area contributed by atoms with E-state index in [0.29, 0.717) is 63.9 Å². The third-order valence-corrected chi connectivity index (χ3v) is 9.45. The lowest BCUT2D eigenvalue weighted by Gasteiger charge is -2.38. The lowest BCUT2D eigenvalue weighted by molar-refractivity contribution is -0.151. The first-order chi connectivity index (χ1) is 20.8. The molecule has 1 N–H and O–H groups in total. The van der Waals surface area contributed by atoms with Crippen LogP contribution >= 0.6 is 0 Å². The van der Waals surface area contributed by atoms with Gasteiger partial charge in [-0.1, -0.05) is 24.3 Å². The zero-order valence-corrected chi connectivity index (χ0v) is 25.0. The number of anilines is 1. The summed E-state index contributed by atoms with van der Waals surface area (Å²) in [4.78, 5) is 50.5. The fraction of sp³-hybridized carbons (Fsp3) is 0.594. The number of nitrogens with zero attached hydrogens (tertiary/aromatic N) is 4. The van der Waals surface area contributed by atoms with E-state index in [4.69, 9.17) is 14.2 Å². The average Bonchev–Trinajstić information content (AvgIpc) is 3.27. The molecule has 6 rings (SSSR count). The number of carbonyl (C=O) groups is 3. The minimum atomic E-state index is -1.31. The van der Waals surface area contributed by atoms with Gasteiger partial charge in [0.1, 0.15) is 17.4 Å². The zero-order valence-electron chi connectivity index (χ0n) is 25.0. The molecule has 0 saturated carbocycles. The van der Waals surface area contributed by atoms with Gasteiger partial charge >= 0.3 is 0 Å². The van der Waals surface area contributed by atoms with Crippen molar-refractivity contribution in [2.45, 2.75) is 37.5 Å². The van der Waals surface area contributed by atoms with Crippen LogP contribution in [0.15, 0.2) is 48.6 Å². The lowest BCUT2D eigenvalue weighted by Crippen LogP contribution is -2.56. The highest BCUT2D eigenvalue weighted by atomic mass is 16.5. The van der Waals surface area contributed by atoms with Crippen LogP contribution in [0.1, 0.15) is 20.3 Å². The summed E-state index contributed by atoms with van der Waals surface area (Å²) in [5.74, 6) is -1.71. The molecule has 3 fully saturated rings. The molecule has 232 valence electrons. The SMILES string of the molecule is CCOc1ccc(N2CC=C[C@]3(C)O[C@]45C=CCN(CCN6CCOCC6)C(=O)C4N(CCCO)C(=O)[C@@H]5[C@@H]3C2=O)cc1. The van der Waals surface area contributed by atoms with Crippen molar-refractivity contribution in [2.75, 3.05) is 77.1 Å². The van der Waals surface area contributed by atoms with Crippen molar-refractivity contribution in [1.29, 1.82) is 0 Å². The number of likely N-dealkylation sites (tertiary alicyclic amines) is 1. The highest BCUT2D eigenvalue weighted by Gasteiger charge is 2.74. The molecule has 11 nitrogen and oxygen atoms in total. The number of aliphatic hydroxyl groups excluding tert-OH is 1. The molecule has 1 aromatic rings. The fourth-order valence-corrected chi connectivity index (χ4v) is 7.46. The molecule has 0 aliphatic carbocycles. The van der Waals surface area contributed by atoms with Gasteiger partial charge in [0.2, 0.25) is 17.7 Å². The molecular formula is C32H42N4O7. The monoisotopic (exact) mass is 594 g/mol. The molecule has 0 radical (unpaired) electrons. The van der Waals surface area contributed by atoms with Crippen LogP contribution < -0.4 is 9.64 Å². The Morgan fingerprint density at radius 1 is 0.930 bits per heavy atom. The summed E-state index contributed by atoms with van der Waals surface area (Å²) in [6.07, 6.45) is 7.91. The summed E-state index contributed by atoms with van der Waals surface area (Å²) in [6, 6.07) is 6.43. The van der Waals surface area contributed by atoms with E-state index >= 15 is 0 Å². The first-order valence-electron chi connectivity index (χ1n) is 15.4. The van der Waals surface area contributed by atoms with Crippen molar-refractivity contribution in [3.05, 3.63) is 48.6 Å². The average molecular weight is 595 g/mol. The Morgan fingerprint density at radius 2 is 1.67 bits per heavy atom. The van der Waals surface area contributed by atoms with Gasteiger partial charge in [0, 0.05) is 58.1 Å². The van der Waals surface area contributed by atoms with Gasteiger partial charge in [-0.2, -0.15) is 0 Å². The number of amides is 3. The second-order valence-corrected chi connectivity index (χ2v) is 12.0. The van der Waals surface area contributed by atoms with E-state index in [1.165, 1.54) is 0 Å². The van der Waals surface area contributed by atoms with Crippen LogP contribution in [0, 0.1) is 11.8 Å². The molecule has 0 bridgehead atoms. The molecule has 3 saturated heterocycles. The van der Waals surface area contributed by atoms with Crippen LogP contribution in [0.5, 0.6) is 5.75 Å². The number of ether oxygens (including phenoxy) is 3. The van der Waals surface area contributed by atoms with E-state index in [1.807, 2.05) is 62.4 Å². The lowest BCUT2D eigenvalue weighted by atomic mass is 9.74. The zero-order chi connectivity index (χ0) is 30.2. The first-order valence-corrected chi connectivity index (χ1v) is 15.4. The van der Waals surface area contributed by atoms with Crippen LogP contribution in [0.4, 0.5) is 5.69 Å². The molecule has 5 aliphatic rings. The number of hydrogen-bond donors (Lipinski definition) is 1. The first kappa shape index (κ1) is 29.8. The van der Waals surface area contributed by atoms with Gasteiger partial charge in [0.05, 0.1) is 37.3 Å². The van der Waals surface area contributed by atoms with Crippen LogP contribution in [-0.2, 0) is 23.9 Å². The van der Waals surface area contributed by atoms with Crippen molar-refractivity contribution >= 4 is 23.4 Å². The van der Waals surface area contributed by atoms with E-state index in [9.17, 15) is 19.5 Å². The Balaban J connectivity index is 1.34. The predicted octanol–water partition coefficient (Wildman–Crippen LogP) is 1.07. The summed E-state index contributed by atoms with van der Waals surface area (Å²) in [7, 11) is 0. The van der Waals surface area contributed by atoms with Gasteiger partial charge in [0.15, 0.2) is 0 Å². The second kappa shape index (κ2) is 12.0. The van der Waals surface area contributed by atoms with Crippen LogP contribution in [0.25, 0.3) is 0 Å². The largest absolute Gasteiger partial charge is 0.494 e. The standard InChI is InChI=1S/C32H42N4O7/c1-3-42-24-9-7-23(8-10-24)35-14-4-11-31(2)25(28(35)38)26-29(39)36(15-6-20-37)27-30(40)34(13-5-12-32(26,27)43-31)17-16-33-18-21-41-22-19-33/h4-5,7-12,25-27,37H,3,6,13-22H2,1-2H3/t25-,26+,27?,31+,32+/m1/s1. The summed E-state index contributed by atoms with van der Waals surface area (Å²) in [5.41, 5.74) is -1.70. The Kier molecular flexibility index (Phi) is 8.34. The van der Waals surface area contributed by atoms with Gasteiger partial charge in [-0.25, -0.2) is 0 Å². The molecule has 1 spiro atoms. The van der Waals surface area contributed by atoms with Gasteiger partial charge in [-0.05, 0) is 44.5 Å². The second-order valence-electron chi connectivity index (χ2n) is 12.0. The van der Waals surface area contributed by atoms with Crippen molar-refractivity contribution in [3.8, 4) is 5.75 Å². The third kappa shape index (κ3) is 5.16. The number of fused-ring (bicyclic) bond motifs is 2. The maximum atomic E-state index is 14.5. The number of hydrogen-bond acceptors (Lipinski definition) is 8. The summed E-state index contributed by atoms with van der Waals surface area (Å²) in [6.45, 7) is 9.31. The topological polar surface area (TPSA) is 112 Å². The number of benzene rings is 1. The molecule has 3 amide bonds. The number of aliphatic hydroxyl groups is 1. The van der Waals surface area contributed by atoms with Crippen LogP contribution in [-0.4, -0.2) is 127 Å². The van der Waals surface area contributed by atoms with Gasteiger partial charge < -0.3 is 34.0 Å². The normalized spacial score (nSPS) is 32.5. The van der Waals surface area contributed by atoms with Crippen LogP contribution in [0.2, 0.25) is 0 Å². The molecule has 5 atom stereocenters. The third-order valence-electron chi connectivity index (χ3n) is 9.45. The molecule has 1 aromatic carbocycles. The number of carbonyl (C=O) groups excluding carboxylic acids is 3. The Hall–Kier alpha value is -3.25. The molecule has 5 aliphatic heterocycles. The quantitative estimate of drug-likeness (QED) is 0.423. The maximum absolute atomic E-state index is 14.5. The molecular weight excluding hydrogens is 552 g/mol.